The zero-order valence-electron chi connectivity index (χ0n) is 13.8. The van der Waals surface area contributed by atoms with Gasteiger partial charge in [0.1, 0.15) is 0 Å². The smallest absolute Gasteiger partial charge is 0.0309 e. The molecule has 1 unspecified atom stereocenters. The fourth-order valence-corrected chi connectivity index (χ4v) is 4.88. The second-order valence-corrected chi connectivity index (χ2v) is 9.08. The zero-order chi connectivity index (χ0) is 14.9. The molecule has 1 spiro atoms. The van der Waals surface area contributed by atoms with Crippen molar-refractivity contribution in [2.45, 2.75) is 64.5 Å². The van der Waals surface area contributed by atoms with Gasteiger partial charge in [-0.3, -0.25) is 4.90 Å². The molecule has 1 aliphatic heterocycles. The molecule has 3 heteroatoms. The number of nitrogens with one attached hydrogen (secondary N) is 1. The number of thiophene rings is 1. The van der Waals surface area contributed by atoms with Crippen molar-refractivity contribution in [1.82, 2.24) is 10.2 Å². The number of nitrogens with zero attached hydrogens (tertiary/aromatic N) is 1. The molecule has 1 aromatic heterocycles. The number of hydrogen-bond donors (Lipinski definition) is 1. The highest BCUT2D eigenvalue weighted by atomic mass is 32.1. The molecular formula is C18H30N2S. The molecule has 21 heavy (non-hydrogen) atoms. The predicted octanol–water partition coefficient (Wildman–Crippen LogP) is 3.92. The molecule has 1 saturated heterocycles. The van der Waals surface area contributed by atoms with Crippen LogP contribution in [0.2, 0.25) is 0 Å². The largest absolute Gasteiger partial charge is 0.308 e. The summed E-state index contributed by atoms with van der Waals surface area (Å²) in [6.45, 7) is 10.8. The van der Waals surface area contributed by atoms with Crippen LogP contribution in [0.3, 0.4) is 0 Å². The minimum atomic E-state index is 0.350. The second-order valence-electron chi connectivity index (χ2n) is 8.05. The van der Waals surface area contributed by atoms with Crippen LogP contribution < -0.4 is 5.32 Å². The first kappa shape index (κ1) is 15.5. The van der Waals surface area contributed by atoms with E-state index in [9.17, 15) is 0 Å². The average Bonchev–Trinajstić information content (AvgIpc) is 3.07. The van der Waals surface area contributed by atoms with Crippen molar-refractivity contribution < 1.29 is 0 Å². The van der Waals surface area contributed by atoms with Gasteiger partial charge in [0.15, 0.2) is 0 Å². The SMILES string of the molecule is CC(C)(C)C1CNC2(CCCC2)CN1CCc1cccs1. The first-order chi connectivity index (χ1) is 9.99. The molecule has 3 rings (SSSR count). The van der Waals surface area contributed by atoms with Crippen molar-refractivity contribution in [2.24, 2.45) is 5.41 Å². The van der Waals surface area contributed by atoms with Crippen molar-refractivity contribution >= 4 is 11.3 Å². The predicted molar refractivity (Wildman–Crippen MR) is 92.0 cm³/mol. The van der Waals surface area contributed by atoms with Crippen molar-refractivity contribution in [3.8, 4) is 0 Å². The van der Waals surface area contributed by atoms with E-state index >= 15 is 0 Å². The Kier molecular flexibility index (Phi) is 4.45. The average molecular weight is 307 g/mol. The van der Waals surface area contributed by atoms with Crippen LogP contribution in [-0.2, 0) is 6.42 Å². The molecule has 2 fully saturated rings. The fraction of sp³-hybridized carbons (Fsp3) is 0.778. The normalized spacial score (nSPS) is 26.5. The molecule has 0 amide bonds. The third-order valence-electron chi connectivity index (χ3n) is 5.40. The van der Waals surface area contributed by atoms with Crippen molar-refractivity contribution in [1.29, 1.82) is 0 Å². The van der Waals surface area contributed by atoms with Gasteiger partial charge in [0, 0.05) is 36.1 Å². The standard InChI is InChI=1S/C18H30N2S/c1-17(2,3)16-13-19-18(9-4-5-10-18)14-20(16)11-8-15-7-6-12-21-15/h6-7,12,16,19H,4-5,8-11,13-14H2,1-3H3. The lowest BCUT2D eigenvalue weighted by atomic mass is 9.81. The Hall–Kier alpha value is -0.380. The van der Waals surface area contributed by atoms with E-state index in [-0.39, 0.29) is 0 Å². The quantitative estimate of drug-likeness (QED) is 0.910. The lowest BCUT2D eigenvalue weighted by molar-refractivity contribution is 0.0248. The number of rotatable bonds is 3. The summed E-state index contributed by atoms with van der Waals surface area (Å²) < 4.78 is 0. The molecule has 1 aliphatic carbocycles. The van der Waals surface area contributed by atoms with E-state index in [0.29, 0.717) is 17.0 Å². The summed E-state index contributed by atoms with van der Waals surface area (Å²) in [5, 5.41) is 6.14. The van der Waals surface area contributed by atoms with Crippen LogP contribution in [0.25, 0.3) is 0 Å². The molecule has 1 N–H and O–H groups in total. The van der Waals surface area contributed by atoms with Crippen molar-refractivity contribution in [3.63, 3.8) is 0 Å². The first-order valence-electron chi connectivity index (χ1n) is 8.50. The van der Waals surface area contributed by atoms with E-state index in [4.69, 9.17) is 0 Å². The summed E-state index contributed by atoms with van der Waals surface area (Å²) >= 11 is 1.90. The molecule has 0 radical (unpaired) electrons. The van der Waals surface area contributed by atoms with Gasteiger partial charge in [-0.05, 0) is 36.1 Å². The molecule has 2 heterocycles. The molecule has 1 aromatic rings. The van der Waals surface area contributed by atoms with Gasteiger partial charge >= 0.3 is 0 Å². The lowest BCUT2D eigenvalue weighted by Gasteiger charge is -2.51. The number of piperazine rings is 1. The molecule has 2 aliphatic rings. The van der Waals surface area contributed by atoms with E-state index in [2.05, 4.69) is 48.5 Å². The van der Waals surface area contributed by atoms with E-state index in [1.165, 1.54) is 50.1 Å². The van der Waals surface area contributed by atoms with Gasteiger partial charge in [-0.1, -0.05) is 39.7 Å². The maximum atomic E-state index is 3.94. The third kappa shape index (κ3) is 3.52. The summed E-state index contributed by atoms with van der Waals surface area (Å²) in [5.74, 6) is 0. The molecule has 1 saturated carbocycles. The Morgan fingerprint density at radius 2 is 2.10 bits per heavy atom. The molecule has 118 valence electrons. The minimum Gasteiger partial charge on any atom is -0.308 e. The van der Waals surface area contributed by atoms with E-state index in [1.807, 2.05) is 11.3 Å². The van der Waals surface area contributed by atoms with Gasteiger partial charge in [-0.2, -0.15) is 0 Å². The van der Waals surface area contributed by atoms with E-state index in [1.54, 1.807) is 0 Å². The van der Waals surface area contributed by atoms with Crippen LogP contribution in [-0.4, -0.2) is 36.1 Å². The van der Waals surface area contributed by atoms with Crippen LogP contribution in [0.1, 0.15) is 51.3 Å². The Labute approximate surface area is 133 Å². The maximum absolute atomic E-state index is 3.94. The fourth-order valence-electron chi connectivity index (χ4n) is 4.18. The van der Waals surface area contributed by atoms with Gasteiger partial charge in [0.05, 0.1) is 0 Å². The number of hydrogen-bond acceptors (Lipinski definition) is 3. The van der Waals surface area contributed by atoms with Gasteiger partial charge in [0.25, 0.3) is 0 Å². The highest BCUT2D eigenvalue weighted by molar-refractivity contribution is 7.09. The highest BCUT2D eigenvalue weighted by Gasteiger charge is 2.43. The Balaban J connectivity index is 1.70. The zero-order valence-corrected chi connectivity index (χ0v) is 14.6. The summed E-state index contributed by atoms with van der Waals surface area (Å²) in [6, 6.07) is 5.12. The molecule has 1 atom stereocenters. The van der Waals surface area contributed by atoms with Gasteiger partial charge < -0.3 is 5.32 Å². The summed E-state index contributed by atoms with van der Waals surface area (Å²) in [6.07, 6.45) is 6.77. The van der Waals surface area contributed by atoms with E-state index < -0.39 is 0 Å². The Morgan fingerprint density at radius 3 is 2.71 bits per heavy atom. The van der Waals surface area contributed by atoms with Crippen molar-refractivity contribution in [2.75, 3.05) is 19.6 Å². The van der Waals surface area contributed by atoms with Gasteiger partial charge in [-0.15, -0.1) is 11.3 Å². The van der Waals surface area contributed by atoms with Crippen LogP contribution in [0, 0.1) is 5.41 Å². The molecule has 0 bridgehead atoms. The van der Waals surface area contributed by atoms with Crippen LogP contribution in [0.15, 0.2) is 17.5 Å². The lowest BCUT2D eigenvalue weighted by Crippen LogP contribution is -2.66. The summed E-state index contributed by atoms with van der Waals surface area (Å²) in [4.78, 5) is 4.32. The first-order valence-corrected chi connectivity index (χ1v) is 9.38. The van der Waals surface area contributed by atoms with Crippen molar-refractivity contribution in [3.05, 3.63) is 22.4 Å². The van der Waals surface area contributed by atoms with Crippen LogP contribution in [0.5, 0.6) is 0 Å². The van der Waals surface area contributed by atoms with E-state index in [0.717, 1.165) is 6.54 Å². The monoisotopic (exact) mass is 306 g/mol. The van der Waals surface area contributed by atoms with Crippen LogP contribution in [0.4, 0.5) is 0 Å². The highest BCUT2D eigenvalue weighted by Crippen LogP contribution is 2.36. The third-order valence-corrected chi connectivity index (χ3v) is 6.34. The minimum absolute atomic E-state index is 0.350. The second kappa shape index (κ2) is 6.02. The topological polar surface area (TPSA) is 15.3 Å². The van der Waals surface area contributed by atoms with Crippen LogP contribution >= 0.6 is 11.3 Å². The Bertz CT molecular complexity index is 440. The summed E-state index contributed by atoms with van der Waals surface area (Å²) in [7, 11) is 0. The molecule has 0 aromatic carbocycles. The molecule has 2 nitrogen and oxygen atoms in total. The van der Waals surface area contributed by atoms with Gasteiger partial charge in [-0.25, -0.2) is 0 Å². The molecular weight excluding hydrogens is 276 g/mol. The Morgan fingerprint density at radius 1 is 1.33 bits per heavy atom. The van der Waals surface area contributed by atoms with Gasteiger partial charge in [0.2, 0.25) is 0 Å². The maximum Gasteiger partial charge on any atom is 0.0309 e. The summed E-state index contributed by atoms with van der Waals surface area (Å²) in [5.41, 5.74) is 0.778.